The zero-order valence-electron chi connectivity index (χ0n) is 10.8. The number of aliphatic carboxylic acids is 1. The number of carbonyl (C=O) groups is 2. The molecule has 0 aromatic heterocycles. The largest absolute Gasteiger partial charge is 0.481 e. The maximum absolute atomic E-state index is 11.9. The molecule has 0 heterocycles. The standard InChI is InChI=1S/C12H22N2O4/c1-2-9(7-11(16)17)8-13-12(18)14(5-6-15)10-3-4-10/h9-10,15H,2-8H2,1H3,(H,13,18)(H,16,17). The summed E-state index contributed by atoms with van der Waals surface area (Å²) in [6.45, 7) is 2.57. The third kappa shape index (κ3) is 4.91. The van der Waals surface area contributed by atoms with Gasteiger partial charge in [0.1, 0.15) is 0 Å². The van der Waals surface area contributed by atoms with Gasteiger partial charge in [-0.2, -0.15) is 0 Å². The Labute approximate surface area is 107 Å². The van der Waals surface area contributed by atoms with Crippen LogP contribution in [0.4, 0.5) is 4.79 Å². The van der Waals surface area contributed by atoms with E-state index in [1.165, 1.54) is 0 Å². The molecule has 1 atom stereocenters. The summed E-state index contributed by atoms with van der Waals surface area (Å²) in [5.74, 6) is -0.882. The van der Waals surface area contributed by atoms with Crippen LogP contribution >= 0.6 is 0 Å². The van der Waals surface area contributed by atoms with Crippen molar-refractivity contribution in [3.8, 4) is 0 Å². The summed E-state index contributed by atoms with van der Waals surface area (Å²) in [6.07, 6.45) is 2.76. The summed E-state index contributed by atoms with van der Waals surface area (Å²) in [7, 11) is 0. The lowest BCUT2D eigenvalue weighted by Crippen LogP contribution is -2.44. The molecule has 6 nitrogen and oxygen atoms in total. The van der Waals surface area contributed by atoms with Crippen LogP contribution in [0.1, 0.15) is 32.6 Å². The third-order valence-electron chi connectivity index (χ3n) is 3.17. The van der Waals surface area contributed by atoms with Gasteiger partial charge in [0.2, 0.25) is 0 Å². The fraction of sp³-hybridized carbons (Fsp3) is 0.833. The highest BCUT2D eigenvalue weighted by Gasteiger charge is 2.32. The normalized spacial score (nSPS) is 16.1. The van der Waals surface area contributed by atoms with Crippen molar-refractivity contribution in [2.24, 2.45) is 5.92 Å². The average Bonchev–Trinajstić information content (AvgIpc) is 3.14. The summed E-state index contributed by atoms with van der Waals surface area (Å²) in [5, 5.41) is 20.4. The van der Waals surface area contributed by atoms with Crippen LogP contribution in [-0.4, -0.2) is 52.9 Å². The highest BCUT2D eigenvalue weighted by Crippen LogP contribution is 2.26. The Hall–Kier alpha value is -1.30. The van der Waals surface area contributed by atoms with E-state index >= 15 is 0 Å². The molecule has 1 saturated carbocycles. The average molecular weight is 258 g/mol. The van der Waals surface area contributed by atoms with Gasteiger partial charge in [-0.25, -0.2) is 4.79 Å². The molecule has 0 aromatic rings. The molecule has 0 aliphatic heterocycles. The number of aliphatic hydroxyl groups is 1. The Bertz CT molecular complexity index is 292. The molecule has 0 spiro atoms. The highest BCUT2D eigenvalue weighted by molar-refractivity contribution is 5.75. The first-order valence-electron chi connectivity index (χ1n) is 6.45. The van der Waals surface area contributed by atoms with Crippen LogP contribution in [0.5, 0.6) is 0 Å². The molecule has 2 amide bonds. The molecule has 6 heteroatoms. The van der Waals surface area contributed by atoms with Gasteiger partial charge in [0.25, 0.3) is 0 Å². The fourth-order valence-electron chi connectivity index (χ4n) is 1.88. The number of hydrogen-bond donors (Lipinski definition) is 3. The molecule has 0 saturated heterocycles. The summed E-state index contributed by atoms with van der Waals surface area (Å²) in [6, 6.07) is 0.0482. The molecule has 18 heavy (non-hydrogen) atoms. The number of nitrogens with one attached hydrogen (secondary N) is 1. The van der Waals surface area contributed by atoms with Crippen LogP contribution in [0.3, 0.4) is 0 Å². The lowest BCUT2D eigenvalue weighted by Gasteiger charge is -2.23. The van der Waals surface area contributed by atoms with E-state index in [1.807, 2.05) is 6.92 Å². The maximum atomic E-state index is 11.9. The first-order chi connectivity index (χ1) is 8.58. The minimum Gasteiger partial charge on any atom is -0.481 e. The SMILES string of the molecule is CCC(CNC(=O)N(CCO)C1CC1)CC(=O)O. The van der Waals surface area contributed by atoms with E-state index in [9.17, 15) is 9.59 Å². The van der Waals surface area contributed by atoms with E-state index in [2.05, 4.69) is 5.32 Å². The summed E-state index contributed by atoms with van der Waals surface area (Å²) >= 11 is 0. The zero-order valence-corrected chi connectivity index (χ0v) is 10.8. The number of aliphatic hydroxyl groups excluding tert-OH is 1. The molecule has 1 unspecified atom stereocenters. The molecule has 1 aliphatic carbocycles. The van der Waals surface area contributed by atoms with Crippen molar-refractivity contribution in [1.29, 1.82) is 0 Å². The number of amides is 2. The first-order valence-corrected chi connectivity index (χ1v) is 6.45. The Kier molecular flexibility index (Phi) is 5.91. The van der Waals surface area contributed by atoms with Gasteiger partial charge in [-0.3, -0.25) is 4.79 Å². The molecule has 0 bridgehead atoms. The number of urea groups is 1. The number of carboxylic acid groups (broad SMARTS) is 1. The molecule has 1 aliphatic rings. The van der Waals surface area contributed by atoms with Crippen molar-refractivity contribution < 1.29 is 19.8 Å². The third-order valence-corrected chi connectivity index (χ3v) is 3.17. The van der Waals surface area contributed by atoms with E-state index in [-0.39, 0.29) is 31.0 Å². The molecule has 0 aromatic carbocycles. The zero-order chi connectivity index (χ0) is 13.5. The Balaban J connectivity index is 2.35. The van der Waals surface area contributed by atoms with Gasteiger partial charge in [0.05, 0.1) is 6.61 Å². The van der Waals surface area contributed by atoms with Gasteiger partial charge in [-0.15, -0.1) is 0 Å². The number of rotatable bonds is 8. The van der Waals surface area contributed by atoms with Gasteiger partial charge < -0.3 is 20.4 Å². The van der Waals surface area contributed by atoms with Crippen LogP contribution in [0.2, 0.25) is 0 Å². The Morgan fingerprint density at radius 2 is 2.11 bits per heavy atom. The molecule has 1 rings (SSSR count). The van der Waals surface area contributed by atoms with Gasteiger partial charge in [-0.05, 0) is 18.8 Å². The van der Waals surface area contributed by atoms with Crippen molar-refractivity contribution >= 4 is 12.0 Å². The second-order valence-electron chi connectivity index (χ2n) is 4.71. The maximum Gasteiger partial charge on any atom is 0.317 e. The van der Waals surface area contributed by atoms with Crippen molar-refractivity contribution in [1.82, 2.24) is 10.2 Å². The quantitative estimate of drug-likeness (QED) is 0.596. The minimum absolute atomic E-state index is 0.0402. The number of hydrogen-bond acceptors (Lipinski definition) is 3. The Morgan fingerprint density at radius 3 is 2.56 bits per heavy atom. The second kappa shape index (κ2) is 7.20. The van der Waals surface area contributed by atoms with Crippen molar-refractivity contribution in [3.63, 3.8) is 0 Å². The van der Waals surface area contributed by atoms with E-state index in [1.54, 1.807) is 4.90 Å². The molecule has 1 fully saturated rings. The smallest absolute Gasteiger partial charge is 0.317 e. The van der Waals surface area contributed by atoms with E-state index in [0.29, 0.717) is 13.1 Å². The number of carboxylic acids is 1. The van der Waals surface area contributed by atoms with Crippen LogP contribution < -0.4 is 5.32 Å². The lowest BCUT2D eigenvalue weighted by molar-refractivity contribution is -0.138. The summed E-state index contributed by atoms with van der Waals surface area (Å²) in [5.41, 5.74) is 0. The number of nitrogens with zero attached hydrogens (tertiary/aromatic N) is 1. The molecule has 3 N–H and O–H groups in total. The second-order valence-corrected chi connectivity index (χ2v) is 4.71. The topological polar surface area (TPSA) is 89.9 Å². The molecule has 104 valence electrons. The first kappa shape index (κ1) is 14.8. The van der Waals surface area contributed by atoms with Gasteiger partial charge in [0, 0.05) is 25.6 Å². The predicted octanol–water partition coefficient (Wildman–Crippen LogP) is 0.654. The number of carbonyl (C=O) groups excluding carboxylic acids is 1. The summed E-state index contributed by atoms with van der Waals surface area (Å²) < 4.78 is 0. The van der Waals surface area contributed by atoms with Crippen molar-refractivity contribution in [3.05, 3.63) is 0 Å². The van der Waals surface area contributed by atoms with Gasteiger partial charge in [0.15, 0.2) is 0 Å². The van der Waals surface area contributed by atoms with E-state index in [4.69, 9.17) is 10.2 Å². The highest BCUT2D eigenvalue weighted by atomic mass is 16.4. The lowest BCUT2D eigenvalue weighted by atomic mass is 10.0. The molecular weight excluding hydrogens is 236 g/mol. The van der Waals surface area contributed by atoms with Crippen LogP contribution in [0, 0.1) is 5.92 Å². The van der Waals surface area contributed by atoms with E-state index in [0.717, 1.165) is 19.3 Å². The fourth-order valence-corrected chi connectivity index (χ4v) is 1.88. The minimum atomic E-state index is -0.842. The van der Waals surface area contributed by atoms with Gasteiger partial charge in [-0.1, -0.05) is 13.3 Å². The van der Waals surface area contributed by atoms with Crippen molar-refractivity contribution in [2.75, 3.05) is 19.7 Å². The van der Waals surface area contributed by atoms with Crippen molar-refractivity contribution in [2.45, 2.75) is 38.6 Å². The van der Waals surface area contributed by atoms with Gasteiger partial charge >= 0.3 is 12.0 Å². The molecular formula is C12H22N2O4. The molecule has 0 radical (unpaired) electrons. The van der Waals surface area contributed by atoms with Crippen LogP contribution in [0.15, 0.2) is 0 Å². The predicted molar refractivity (Wildman–Crippen MR) is 66.2 cm³/mol. The van der Waals surface area contributed by atoms with Crippen LogP contribution in [0.25, 0.3) is 0 Å². The van der Waals surface area contributed by atoms with E-state index < -0.39 is 5.97 Å². The Morgan fingerprint density at radius 1 is 1.44 bits per heavy atom. The van der Waals surface area contributed by atoms with Crippen LogP contribution in [-0.2, 0) is 4.79 Å². The summed E-state index contributed by atoms with van der Waals surface area (Å²) in [4.78, 5) is 24.1. The monoisotopic (exact) mass is 258 g/mol.